The second-order valence-electron chi connectivity index (χ2n) is 6.04. The molecule has 1 aliphatic rings. The van der Waals surface area contributed by atoms with Crippen LogP contribution in [0.4, 0.5) is 5.13 Å². The molecule has 1 amide bonds. The van der Waals surface area contributed by atoms with Gasteiger partial charge in [0.15, 0.2) is 5.13 Å². The van der Waals surface area contributed by atoms with Gasteiger partial charge in [0.25, 0.3) is 0 Å². The minimum atomic E-state index is -0.155. The lowest BCUT2D eigenvalue weighted by molar-refractivity contribution is -0.118. The van der Waals surface area contributed by atoms with Crippen LogP contribution < -0.4 is 10.1 Å². The van der Waals surface area contributed by atoms with Crippen LogP contribution in [0.3, 0.4) is 0 Å². The van der Waals surface area contributed by atoms with Crippen LogP contribution in [-0.4, -0.2) is 18.0 Å². The van der Waals surface area contributed by atoms with E-state index in [0.717, 1.165) is 17.7 Å². The average Bonchev–Trinajstić information content (AvgIpc) is 3.26. The molecule has 1 saturated carbocycles. The van der Waals surface area contributed by atoms with E-state index in [1.807, 2.05) is 29.6 Å². The van der Waals surface area contributed by atoms with Crippen molar-refractivity contribution in [3.63, 3.8) is 0 Å². The van der Waals surface area contributed by atoms with Crippen LogP contribution in [0.1, 0.15) is 43.6 Å². The first-order valence-corrected chi connectivity index (χ1v) is 8.98. The van der Waals surface area contributed by atoms with Crippen molar-refractivity contribution in [1.82, 2.24) is 4.98 Å². The molecule has 4 nitrogen and oxygen atoms in total. The topological polar surface area (TPSA) is 51.2 Å². The fourth-order valence-corrected chi connectivity index (χ4v) is 3.84. The third-order valence-corrected chi connectivity index (χ3v) is 5.21. The van der Waals surface area contributed by atoms with E-state index in [1.54, 1.807) is 13.3 Å². The van der Waals surface area contributed by atoms with E-state index >= 15 is 0 Å². The van der Waals surface area contributed by atoms with Gasteiger partial charge in [0.05, 0.1) is 13.0 Å². The van der Waals surface area contributed by atoms with Gasteiger partial charge < -0.3 is 10.1 Å². The van der Waals surface area contributed by atoms with Crippen LogP contribution in [0.25, 0.3) is 0 Å². The quantitative estimate of drug-likeness (QED) is 0.851. The van der Waals surface area contributed by atoms with Crippen LogP contribution >= 0.6 is 11.3 Å². The molecule has 1 atom stereocenters. The fraction of sp³-hybridized carbons (Fsp3) is 0.444. The molecule has 5 heteroatoms. The summed E-state index contributed by atoms with van der Waals surface area (Å²) in [5.41, 5.74) is 1.02. The number of ether oxygens (including phenoxy) is 1. The monoisotopic (exact) mass is 330 g/mol. The number of benzene rings is 1. The van der Waals surface area contributed by atoms with Gasteiger partial charge in [0, 0.05) is 11.6 Å². The molecular weight excluding hydrogens is 308 g/mol. The van der Waals surface area contributed by atoms with Gasteiger partial charge in [0.2, 0.25) is 5.91 Å². The number of nitrogens with one attached hydrogen (secondary N) is 1. The summed E-state index contributed by atoms with van der Waals surface area (Å²) >= 11 is 1.45. The normalized spacial score (nSPS) is 16.2. The van der Waals surface area contributed by atoms with Crippen molar-refractivity contribution < 1.29 is 9.53 Å². The Morgan fingerprint density at radius 2 is 2.26 bits per heavy atom. The van der Waals surface area contributed by atoms with Gasteiger partial charge in [0.1, 0.15) is 5.75 Å². The summed E-state index contributed by atoms with van der Waals surface area (Å²) in [6, 6.07) is 7.85. The molecule has 1 aromatic carbocycles. The number of methoxy groups -OCH3 is 1. The predicted molar refractivity (Wildman–Crippen MR) is 93.1 cm³/mol. The molecule has 23 heavy (non-hydrogen) atoms. The van der Waals surface area contributed by atoms with E-state index in [0.29, 0.717) is 11.0 Å². The lowest BCUT2D eigenvalue weighted by Gasteiger charge is -2.20. The zero-order valence-electron chi connectivity index (χ0n) is 13.3. The first-order chi connectivity index (χ1) is 11.3. The smallest absolute Gasteiger partial charge is 0.233 e. The number of hydrogen-bond acceptors (Lipinski definition) is 4. The van der Waals surface area contributed by atoms with Crippen molar-refractivity contribution in [2.45, 2.75) is 38.0 Å². The minimum Gasteiger partial charge on any atom is -0.497 e. The molecule has 1 unspecified atom stereocenters. The fourth-order valence-electron chi connectivity index (χ4n) is 3.31. The highest BCUT2D eigenvalue weighted by Crippen LogP contribution is 2.35. The molecule has 1 N–H and O–H groups in total. The molecule has 1 aromatic heterocycles. The van der Waals surface area contributed by atoms with Crippen LogP contribution in [0.15, 0.2) is 35.8 Å². The Hall–Kier alpha value is -1.88. The van der Waals surface area contributed by atoms with Gasteiger partial charge in [-0.25, -0.2) is 4.98 Å². The second-order valence-corrected chi connectivity index (χ2v) is 6.94. The maximum absolute atomic E-state index is 12.8. The Labute approximate surface area is 140 Å². The van der Waals surface area contributed by atoms with Crippen LogP contribution in [0.5, 0.6) is 5.75 Å². The summed E-state index contributed by atoms with van der Waals surface area (Å²) in [6.07, 6.45) is 7.62. The van der Waals surface area contributed by atoms with E-state index in [-0.39, 0.29) is 11.8 Å². The summed E-state index contributed by atoms with van der Waals surface area (Å²) < 4.78 is 5.32. The van der Waals surface area contributed by atoms with Crippen molar-refractivity contribution in [2.24, 2.45) is 5.92 Å². The molecule has 1 fully saturated rings. The van der Waals surface area contributed by atoms with Crippen LogP contribution in [0, 0.1) is 5.92 Å². The minimum absolute atomic E-state index is 0.0279. The number of nitrogens with zero attached hydrogens (tertiary/aromatic N) is 1. The number of rotatable bonds is 6. The number of aromatic nitrogens is 1. The third kappa shape index (κ3) is 4.10. The standard InChI is InChI=1S/C18H22N2O2S/c1-22-15-8-4-7-14(12-15)16(11-13-5-2-3-6-13)17(21)20-18-19-9-10-23-18/h4,7-10,12-13,16H,2-3,5-6,11H2,1H3,(H,19,20,21). The largest absolute Gasteiger partial charge is 0.497 e. The molecule has 0 radical (unpaired) electrons. The zero-order chi connectivity index (χ0) is 16.1. The van der Waals surface area contributed by atoms with Crippen molar-refractivity contribution in [1.29, 1.82) is 0 Å². The van der Waals surface area contributed by atoms with Crippen molar-refractivity contribution in [2.75, 3.05) is 12.4 Å². The molecule has 0 spiro atoms. The van der Waals surface area contributed by atoms with E-state index in [4.69, 9.17) is 4.74 Å². The number of hydrogen-bond donors (Lipinski definition) is 1. The lowest BCUT2D eigenvalue weighted by atomic mass is 9.87. The van der Waals surface area contributed by atoms with Gasteiger partial charge >= 0.3 is 0 Å². The van der Waals surface area contributed by atoms with Gasteiger partial charge in [-0.3, -0.25) is 4.79 Å². The summed E-state index contributed by atoms with van der Waals surface area (Å²) in [7, 11) is 1.65. The highest BCUT2D eigenvalue weighted by Gasteiger charge is 2.27. The highest BCUT2D eigenvalue weighted by molar-refractivity contribution is 7.13. The molecule has 1 aliphatic carbocycles. The molecule has 3 rings (SSSR count). The molecule has 0 bridgehead atoms. The number of carbonyl (C=O) groups is 1. The Morgan fingerprint density at radius 1 is 1.43 bits per heavy atom. The Balaban J connectivity index is 1.80. The van der Waals surface area contributed by atoms with Crippen molar-refractivity contribution in [3.8, 4) is 5.75 Å². The predicted octanol–water partition coefficient (Wildman–Crippen LogP) is 4.45. The number of carbonyl (C=O) groups excluding carboxylic acids is 1. The van der Waals surface area contributed by atoms with Gasteiger partial charge in [-0.05, 0) is 30.0 Å². The Morgan fingerprint density at radius 3 is 2.96 bits per heavy atom. The van der Waals surface area contributed by atoms with E-state index in [1.165, 1.54) is 37.0 Å². The second kappa shape index (κ2) is 7.59. The maximum atomic E-state index is 12.8. The molecule has 0 aliphatic heterocycles. The number of thiazole rings is 1. The molecule has 0 saturated heterocycles. The zero-order valence-corrected chi connectivity index (χ0v) is 14.1. The summed E-state index contributed by atoms with van der Waals surface area (Å²) in [5, 5.41) is 5.49. The van der Waals surface area contributed by atoms with Crippen molar-refractivity contribution >= 4 is 22.4 Å². The summed E-state index contributed by atoms with van der Waals surface area (Å²) in [6.45, 7) is 0. The van der Waals surface area contributed by atoms with Gasteiger partial charge in [-0.1, -0.05) is 37.8 Å². The van der Waals surface area contributed by atoms with E-state index in [2.05, 4.69) is 10.3 Å². The summed E-state index contributed by atoms with van der Waals surface area (Å²) in [4.78, 5) is 17.0. The van der Waals surface area contributed by atoms with Crippen LogP contribution in [-0.2, 0) is 4.79 Å². The van der Waals surface area contributed by atoms with Gasteiger partial charge in [-0.15, -0.1) is 11.3 Å². The van der Waals surface area contributed by atoms with E-state index < -0.39 is 0 Å². The Bertz CT molecular complexity index is 636. The summed E-state index contributed by atoms with van der Waals surface area (Å²) in [5.74, 6) is 1.30. The van der Waals surface area contributed by atoms with Crippen molar-refractivity contribution in [3.05, 3.63) is 41.4 Å². The Kier molecular flexibility index (Phi) is 5.28. The van der Waals surface area contributed by atoms with Crippen LogP contribution in [0.2, 0.25) is 0 Å². The lowest BCUT2D eigenvalue weighted by Crippen LogP contribution is -2.23. The molecule has 2 aromatic rings. The first-order valence-electron chi connectivity index (χ1n) is 8.10. The SMILES string of the molecule is COc1cccc(C(CC2CCCC2)C(=O)Nc2nccs2)c1. The number of amides is 1. The van der Waals surface area contributed by atoms with E-state index in [9.17, 15) is 4.79 Å². The molecular formula is C18H22N2O2S. The van der Waals surface area contributed by atoms with Gasteiger partial charge in [-0.2, -0.15) is 0 Å². The number of anilines is 1. The highest BCUT2D eigenvalue weighted by atomic mass is 32.1. The molecule has 1 heterocycles. The first kappa shape index (κ1) is 16.0. The third-order valence-electron chi connectivity index (χ3n) is 4.52. The average molecular weight is 330 g/mol. The maximum Gasteiger partial charge on any atom is 0.233 e. The molecule has 122 valence electrons.